The van der Waals surface area contributed by atoms with E-state index in [1.165, 1.54) is 38.5 Å². The minimum atomic E-state index is -3.77. The first-order chi connectivity index (χ1) is 16.7. The number of sulfonamides is 1. The number of halogens is 2. The largest absolute Gasteiger partial charge is 0.493 e. The summed E-state index contributed by atoms with van der Waals surface area (Å²) < 4.78 is 69.9. The van der Waals surface area contributed by atoms with Crippen molar-refractivity contribution in [3.8, 4) is 17.2 Å². The number of nitrogens with one attached hydrogen (secondary N) is 2. The number of rotatable bonds is 11. The summed E-state index contributed by atoms with van der Waals surface area (Å²) in [5.41, 5.74) is 0.688. The second-order valence-electron chi connectivity index (χ2n) is 7.27. The van der Waals surface area contributed by atoms with E-state index in [0.717, 1.165) is 17.7 Å². The van der Waals surface area contributed by atoms with Crippen LogP contribution in [0.1, 0.15) is 5.56 Å². The van der Waals surface area contributed by atoms with Crippen molar-refractivity contribution in [1.29, 1.82) is 0 Å². The molecule has 0 saturated carbocycles. The van der Waals surface area contributed by atoms with Gasteiger partial charge in [-0.15, -0.1) is 0 Å². The number of amides is 1. The van der Waals surface area contributed by atoms with Crippen molar-refractivity contribution in [1.82, 2.24) is 4.72 Å². The summed E-state index contributed by atoms with van der Waals surface area (Å²) in [7, 11) is -0.712. The minimum absolute atomic E-state index is 0.0231. The van der Waals surface area contributed by atoms with Crippen molar-refractivity contribution >= 4 is 21.6 Å². The number of carbonyl (C=O) groups is 1. The average molecular weight is 507 g/mol. The van der Waals surface area contributed by atoms with E-state index < -0.39 is 34.2 Å². The Balaban J connectivity index is 1.51. The molecule has 3 aromatic rings. The van der Waals surface area contributed by atoms with E-state index >= 15 is 0 Å². The van der Waals surface area contributed by atoms with Gasteiger partial charge in [-0.1, -0.05) is 6.07 Å². The zero-order chi connectivity index (χ0) is 25.4. The van der Waals surface area contributed by atoms with Crippen LogP contribution in [0.25, 0.3) is 0 Å². The van der Waals surface area contributed by atoms with Gasteiger partial charge in [-0.05, 0) is 60.5 Å². The molecule has 3 aromatic carbocycles. The molecule has 0 heterocycles. The molecular formula is C24H24F2N2O6S. The summed E-state index contributed by atoms with van der Waals surface area (Å²) in [6.45, 7) is -0.289. The fourth-order valence-electron chi connectivity index (χ4n) is 3.09. The first kappa shape index (κ1) is 25.9. The maximum Gasteiger partial charge on any atom is 0.262 e. The molecule has 3 rings (SSSR count). The number of methoxy groups -OCH3 is 2. The van der Waals surface area contributed by atoms with Gasteiger partial charge in [0.1, 0.15) is 17.4 Å². The first-order valence-electron chi connectivity index (χ1n) is 10.4. The van der Waals surface area contributed by atoms with Crippen LogP contribution >= 0.6 is 0 Å². The number of hydrogen-bond donors (Lipinski definition) is 2. The Kier molecular flexibility index (Phi) is 8.61. The van der Waals surface area contributed by atoms with Crippen LogP contribution in [0.2, 0.25) is 0 Å². The van der Waals surface area contributed by atoms with Gasteiger partial charge in [-0.2, -0.15) is 0 Å². The lowest BCUT2D eigenvalue weighted by Crippen LogP contribution is -2.26. The molecule has 11 heteroatoms. The predicted octanol–water partition coefficient (Wildman–Crippen LogP) is 3.52. The monoisotopic (exact) mass is 506 g/mol. The molecule has 0 bridgehead atoms. The van der Waals surface area contributed by atoms with Crippen LogP contribution in [-0.2, 0) is 21.2 Å². The summed E-state index contributed by atoms with van der Waals surface area (Å²) in [5, 5.41) is 2.27. The number of ether oxygens (including phenoxy) is 3. The molecule has 0 unspecified atom stereocenters. The van der Waals surface area contributed by atoms with Crippen LogP contribution in [0.3, 0.4) is 0 Å². The Morgan fingerprint density at radius 3 is 2.29 bits per heavy atom. The number of anilines is 1. The molecule has 8 nitrogen and oxygen atoms in total. The number of hydrogen-bond acceptors (Lipinski definition) is 6. The number of carbonyl (C=O) groups excluding carboxylic acids is 1. The molecule has 2 N–H and O–H groups in total. The van der Waals surface area contributed by atoms with Gasteiger partial charge >= 0.3 is 0 Å². The molecule has 0 aliphatic carbocycles. The minimum Gasteiger partial charge on any atom is -0.493 e. The Morgan fingerprint density at radius 2 is 1.63 bits per heavy atom. The van der Waals surface area contributed by atoms with Crippen LogP contribution in [0.4, 0.5) is 14.5 Å². The average Bonchev–Trinajstić information content (AvgIpc) is 2.84. The summed E-state index contributed by atoms with van der Waals surface area (Å²) in [4.78, 5) is 12.0. The Morgan fingerprint density at radius 1 is 0.914 bits per heavy atom. The molecule has 0 radical (unpaired) electrons. The maximum atomic E-state index is 13.6. The molecule has 0 saturated heterocycles. The second kappa shape index (κ2) is 11.6. The summed E-state index contributed by atoms with van der Waals surface area (Å²) >= 11 is 0. The zero-order valence-corrected chi connectivity index (χ0v) is 19.8. The summed E-state index contributed by atoms with van der Waals surface area (Å²) in [5.74, 6) is -0.957. The lowest BCUT2D eigenvalue weighted by molar-refractivity contribution is -0.118. The van der Waals surface area contributed by atoms with Gasteiger partial charge in [-0.3, -0.25) is 4.79 Å². The molecular weight excluding hydrogens is 482 g/mol. The molecule has 0 aliphatic heterocycles. The number of benzene rings is 3. The van der Waals surface area contributed by atoms with E-state index in [0.29, 0.717) is 24.0 Å². The van der Waals surface area contributed by atoms with E-state index in [1.54, 1.807) is 12.1 Å². The highest BCUT2D eigenvalue weighted by atomic mass is 32.2. The van der Waals surface area contributed by atoms with Crippen LogP contribution in [-0.4, -0.2) is 41.7 Å². The standard InChI is InChI=1S/C24H24F2N2O6S/c1-32-22-10-3-16(13-23(22)33-2)11-12-27-35(30,31)19-7-5-18(6-8-19)34-15-24(29)28-21-9-4-17(25)14-20(21)26/h3-10,13-14,27H,11-12,15H2,1-2H3,(H,28,29). The Labute approximate surface area is 201 Å². The van der Waals surface area contributed by atoms with E-state index in [9.17, 15) is 22.0 Å². The third-order valence-corrected chi connectivity index (χ3v) is 6.34. The second-order valence-corrected chi connectivity index (χ2v) is 9.04. The van der Waals surface area contributed by atoms with Gasteiger partial charge in [0.05, 0.1) is 24.8 Å². The Bertz CT molecular complexity index is 1280. The van der Waals surface area contributed by atoms with Crippen molar-refractivity contribution in [3.05, 3.63) is 77.9 Å². The molecule has 0 aromatic heterocycles. The topological polar surface area (TPSA) is 103 Å². The van der Waals surface area contributed by atoms with Crippen molar-refractivity contribution in [2.75, 3.05) is 32.7 Å². The van der Waals surface area contributed by atoms with Gasteiger partial charge in [0.15, 0.2) is 18.1 Å². The van der Waals surface area contributed by atoms with Crippen LogP contribution in [0.15, 0.2) is 65.6 Å². The molecule has 1 amide bonds. The fourth-order valence-corrected chi connectivity index (χ4v) is 4.12. The normalized spacial score (nSPS) is 11.1. The summed E-state index contributed by atoms with van der Waals surface area (Å²) in [6, 6.07) is 13.6. The van der Waals surface area contributed by atoms with Gasteiger partial charge in [0.2, 0.25) is 10.0 Å². The van der Waals surface area contributed by atoms with Crippen molar-refractivity contribution in [2.24, 2.45) is 0 Å². The Hall–Kier alpha value is -3.70. The fraction of sp³-hybridized carbons (Fsp3) is 0.208. The van der Waals surface area contributed by atoms with Crippen molar-refractivity contribution in [3.63, 3.8) is 0 Å². The molecule has 0 atom stereocenters. The van der Waals surface area contributed by atoms with Crippen LogP contribution < -0.4 is 24.2 Å². The lowest BCUT2D eigenvalue weighted by Gasteiger charge is -2.11. The SMILES string of the molecule is COc1ccc(CCNS(=O)(=O)c2ccc(OCC(=O)Nc3ccc(F)cc3F)cc2)cc1OC. The first-order valence-corrected chi connectivity index (χ1v) is 11.9. The maximum absolute atomic E-state index is 13.6. The molecule has 0 spiro atoms. The van der Waals surface area contributed by atoms with Crippen LogP contribution in [0.5, 0.6) is 17.2 Å². The quantitative estimate of drug-likeness (QED) is 0.413. The van der Waals surface area contributed by atoms with E-state index in [1.807, 2.05) is 6.07 Å². The lowest BCUT2D eigenvalue weighted by atomic mass is 10.1. The summed E-state index contributed by atoms with van der Waals surface area (Å²) in [6.07, 6.45) is 0.435. The van der Waals surface area contributed by atoms with Crippen molar-refractivity contribution < 1.29 is 36.2 Å². The van der Waals surface area contributed by atoms with E-state index in [2.05, 4.69) is 10.0 Å². The smallest absolute Gasteiger partial charge is 0.262 e. The zero-order valence-electron chi connectivity index (χ0n) is 19.0. The van der Waals surface area contributed by atoms with Gasteiger partial charge < -0.3 is 19.5 Å². The molecule has 186 valence electrons. The highest BCUT2D eigenvalue weighted by Crippen LogP contribution is 2.27. The highest BCUT2D eigenvalue weighted by Gasteiger charge is 2.15. The van der Waals surface area contributed by atoms with E-state index in [4.69, 9.17) is 14.2 Å². The van der Waals surface area contributed by atoms with Gasteiger partial charge in [0.25, 0.3) is 5.91 Å². The molecule has 0 fully saturated rings. The van der Waals surface area contributed by atoms with Gasteiger partial charge in [0, 0.05) is 12.6 Å². The highest BCUT2D eigenvalue weighted by molar-refractivity contribution is 7.89. The van der Waals surface area contributed by atoms with Crippen molar-refractivity contribution in [2.45, 2.75) is 11.3 Å². The third-order valence-electron chi connectivity index (χ3n) is 4.86. The van der Waals surface area contributed by atoms with Gasteiger partial charge in [-0.25, -0.2) is 21.9 Å². The van der Waals surface area contributed by atoms with E-state index in [-0.39, 0.29) is 22.9 Å². The molecule has 0 aliphatic rings. The third kappa shape index (κ3) is 7.14. The predicted molar refractivity (Wildman–Crippen MR) is 125 cm³/mol. The molecule has 35 heavy (non-hydrogen) atoms. The van der Waals surface area contributed by atoms with Crippen LogP contribution in [0, 0.1) is 11.6 Å².